The lowest BCUT2D eigenvalue weighted by Gasteiger charge is -2.39. The predicted molar refractivity (Wildman–Crippen MR) is 65.2 cm³/mol. The highest BCUT2D eigenvalue weighted by Crippen LogP contribution is 2.27. The van der Waals surface area contributed by atoms with Gasteiger partial charge >= 0.3 is 0 Å². The first-order valence-corrected chi connectivity index (χ1v) is 5.86. The second-order valence-electron chi connectivity index (χ2n) is 4.35. The minimum atomic E-state index is -1.47. The fourth-order valence-electron chi connectivity index (χ4n) is 1.88. The number of aliphatic hydroxyl groups excluding tert-OH is 4. The lowest BCUT2D eigenvalue weighted by atomic mass is 9.99. The second kappa shape index (κ2) is 5.72. The molecule has 6 N–H and O–H groups in total. The number of nitrogens with two attached hydrogens (primary N) is 1. The molecule has 0 spiro atoms. The lowest BCUT2D eigenvalue weighted by Crippen LogP contribution is -2.60. The van der Waals surface area contributed by atoms with E-state index in [2.05, 4.69) is 0 Å². The Bertz CT molecular complexity index is 426. The van der Waals surface area contributed by atoms with E-state index >= 15 is 0 Å². The Balaban J connectivity index is 2.13. The lowest BCUT2D eigenvalue weighted by molar-refractivity contribution is -0.277. The van der Waals surface area contributed by atoms with Gasteiger partial charge in [-0.25, -0.2) is 0 Å². The third-order valence-corrected chi connectivity index (χ3v) is 3.01. The van der Waals surface area contributed by atoms with Crippen molar-refractivity contribution < 1.29 is 29.9 Å². The Labute approximate surface area is 109 Å². The molecule has 1 heterocycles. The van der Waals surface area contributed by atoms with Crippen molar-refractivity contribution in [3.05, 3.63) is 24.3 Å². The summed E-state index contributed by atoms with van der Waals surface area (Å²) >= 11 is 0. The molecule has 0 aromatic heterocycles. The fourth-order valence-corrected chi connectivity index (χ4v) is 1.88. The van der Waals surface area contributed by atoms with Gasteiger partial charge in [0.2, 0.25) is 6.29 Å². The number of aliphatic hydroxyl groups is 4. The van der Waals surface area contributed by atoms with Gasteiger partial charge < -0.3 is 35.6 Å². The SMILES string of the molecule is Nc1ccccc1OC1O[C@H](CO)[C@H](O)[C@H](O)[C@H]1O. The Hall–Kier alpha value is -1.38. The van der Waals surface area contributed by atoms with Gasteiger partial charge in [-0.3, -0.25) is 0 Å². The number of benzene rings is 1. The Kier molecular flexibility index (Phi) is 4.23. The number of anilines is 1. The van der Waals surface area contributed by atoms with E-state index in [1.54, 1.807) is 24.3 Å². The van der Waals surface area contributed by atoms with Crippen molar-refractivity contribution in [1.29, 1.82) is 0 Å². The summed E-state index contributed by atoms with van der Waals surface area (Å²) in [5.41, 5.74) is 6.04. The molecule has 2 rings (SSSR count). The molecule has 0 saturated carbocycles. The summed E-state index contributed by atoms with van der Waals surface area (Å²) in [4.78, 5) is 0. The van der Waals surface area contributed by atoms with Gasteiger partial charge in [-0.15, -0.1) is 0 Å². The van der Waals surface area contributed by atoms with Crippen LogP contribution in [0.2, 0.25) is 0 Å². The van der Waals surface area contributed by atoms with Crippen LogP contribution in [0.15, 0.2) is 24.3 Å². The fraction of sp³-hybridized carbons (Fsp3) is 0.500. The van der Waals surface area contributed by atoms with E-state index in [4.69, 9.17) is 20.3 Å². The van der Waals surface area contributed by atoms with Gasteiger partial charge in [0.15, 0.2) is 0 Å². The Morgan fingerprint density at radius 3 is 2.42 bits per heavy atom. The van der Waals surface area contributed by atoms with Crippen molar-refractivity contribution in [2.24, 2.45) is 0 Å². The normalized spacial score (nSPS) is 35.1. The highest BCUT2D eigenvalue weighted by atomic mass is 16.7. The summed E-state index contributed by atoms with van der Waals surface area (Å²) in [6, 6.07) is 6.60. The molecule has 1 aromatic rings. The van der Waals surface area contributed by atoms with Crippen LogP contribution < -0.4 is 10.5 Å². The third-order valence-electron chi connectivity index (χ3n) is 3.01. The average Bonchev–Trinajstić information content (AvgIpc) is 2.41. The van der Waals surface area contributed by atoms with Gasteiger partial charge in [0.25, 0.3) is 0 Å². The third kappa shape index (κ3) is 2.80. The summed E-state index contributed by atoms with van der Waals surface area (Å²) in [6.45, 7) is -0.505. The Morgan fingerprint density at radius 2 is 1.79 bits per heavy atom. The van der Waals surface area contributed by atoms with Crippen molar-refractivity contribution in [2.45, 2.75) is 30.7 Å². The van der Waals surface area contributed by atoms with Crippen LogP contribution in [0.3, 0.4) is 0 Å². The zero-order chi connectivity index (χ0) is 14.0. The summed E-state index contributed by atoms with van der Waals surface area (Å²) < 4.78 is 10.6. The van der Waals surface area contributed by atoms with Crippen molar-refractivity contribution in [2.75, 3.05) is 12.3 Å². The molecule has 106 valence electrons. The highest BCUT2D eigenvalue weighted by molar-refractivity contribution is 5.51. The van der Waals surface area contributed by atoms with Gasteiger partial charge in [-0.2, -0.15) is 0 Å². The van der Waals surface area contributed by atoms with Crippen molar-refractivity contribution in [3.63, 3.8) is 0 Å². The van der Waals surface area contributed by atoms with Crippen LogP contribution in [0.4, 0.5) is 5.69 Å². The number of para-hydroxylation sites is 2. The summed E-state index contributed by atoms with van der Waals surface area (Å²) in [7, 11) is 0. The largest absolute Gasteiger partial charge is 0.460 e. The number of nitrogen functional groups attached to an aromatic ring is 1. The summed E-state index contributed by atoms with van der Waals surface area (Å²) in [6.07, 6.45) is -6.56. The van der Waals surface area contributed by atoms with Crippen LogP contribution in [0.1, 0.15) is 0 Å². The molecule has 7 heteroatoms. The van der Waals surface area contributed by atoms with Crippen LogP contribution >= 0.6 is 0 Å². The first kappa shape index (κ1) is 14.0. The molecule has 0 radical (unpaired) electrons. The van der Waals surface area contributed by atoms with E-state index in [0.717, 1.165) is 0 Å². The van der Waals surface area contributed by atoms with E-state index < -0.39 is 37.3 Å². The van der Waals surface area contributed by atoms with Crippen LogP contribution in [0, 0.1) is 0 Å². The summed E-state index contributed by atoms with van der Waals surface area (Å²) in [5.74, 6) is 0.284. The molecule has 0 bridgehead atoms. The minimum absolute atomic E-state index is 0.284. The molecule has 1 aliphatic rings. The van der Waals surface area contributed by atoms with Gasteiger partial charge in [0.1, 0.15) is 30.2 Å². The van der Waals surface area contributed by atoms with Crippen LogP contribution in [0.5, 0.6) is 5.75 Å². The predicted octanol–water partition coefficient (Wildman–Crippen LogP) is -1.55. The molecule has 5 atom stereocenters. The first-order valence-electron chi connectivity index (χ1n) is 5.86. The standard InChI is InChI=1S/C12H17NO6/c13-6-3-1-2-4-7(6)18-12-11(17)10(16)9(15)8(5-14)19-12/h1-4,8-12,14-17H,5,13H2/t8-,9+,10+,11-,12?/m1/s1. The van der Waals surface area contributed by atoms with E-state index in [9.17, 15) is 15.3 Å². The molecule has 1 unspecified atom stereocenters. The van der Waals surface area contributed by atoms with E-state index in [-0.39, 0.29) is 5.75 Å². The number of rotatable bonds is 3. The number of hydrogen-bond acceptors (Lipinski definition) is 7. The topological polar surface area (TPSA) is 125 Å². The van der Waals surface area contributed by atoms with E-state index in [1.165, 1.54) is 0 Å². The van der Waals surface area contributed by atoms with Crippen molar-refractivity contribution in [1.82, 2.24) is 0 Å². The van der Waals surface area contributed by atoms with Crippen LogP contribution in [0.25, 0.3) is 0 Å². The molecule has 1 saturated heterocycles. The Morgan fingerprint density at radius 1 is 1.11 bits per heavy atom. The van der Waals surface area contributed by atoms with Gasteiger partial charge in [0.05, 0.1) is 12.3 Å². The maximum absolute atomic E-state index is 9.79. The quantitative estimate of drug-likeness (QED) is 0.421. The number of ether oxygens (including phenoxy) is 2. The smallest absolute Gasteiger partial charge is 0.229 e. The zero-order valence-corrected chi connectivity index (χ0v) is 10.1. The molecule has 1 aliphatic heterocycles. The first-order chi connectivity index (χ1) is 9.04. The highest BCUT2D eigenvalue weighted by Gasteiger charge is 2.44. The minimum Gasteiger partial charge on any atom is -0.460 e. The van der Waals surface area contributed by atoms with Crippen LogP contribution in [-0.4, -0.2) is 57.7 Å². The monoisotopic (exact) mass is 271 g/mol. The molecular formula is C12H17NO6. The van der Waals surface area contributed by atoms with Gasteiger partial charge in [-0.05, 0) is 12.1 Å². The average molecular weight is 271 g/mol. The van der Waals surface area contributed by atoms with E-state index in [1.807, 2.05) is 0 Å². The van der Waals surface area contributed by atoms with Crippen molar-refractivity contribution >= 4 is 5.69 Å². The number of hydrogen-bond donors (Lipinski definition) is 5. The van der Waals surface area contributed by atoms with E-state index in [0.29, 0.717) is 5.69 Å². The van der Waals surface area contributed by atoms with Crippen molar-refractivity contribution in [3.8, 4) is 5.75 Å². The molecule has 0 aliphatic carbocycles. The van der Waals surface area contributed by atoms with Crippen LogP contribution in [-0.2, 0) is 4.74 Å². The van der Waals surface area contributed by atoms with Gasteiger partial charge in [-0.1, -0.05) is 12.1 Å². The maximum atomic E-state index is 9.79. The molecule has 1 aromatic carbocycles. The molecule has 7 nitrogen and oxygen atoms in total. The summed E-state index contributed by atoms with van der Waals surface area (Å²) in [5, 5.41) is 38.1. The second-order valence-corrected chi connectivity index (χ2v) is 4.35. The zero-order valence-electron chi connectivity index (χ0n) is 10.1. The molecular weight excluding hydrogens is 254 g/mol. The molecule has 0 amide bonds. The molecule has 1 fully saturated rings. The molecule has 19 heavy (non-hydrogen) atoms. The van der Waals surface area contributed by atoms with Gasteiger partial charge in [0, 0.05) is 0 Å². The maximum Gasteiger partial charge on any atom is 0.229 e.